The van der Waals surface area contributed by atoms with Crippen LogP contribution >= 0.6 is 0 Å². The van der Waals surface area contributed by atoms with Crippen LogP contribution in [0.5, 0.6) is 0 Å². The molecule has 1 unspecified atom stereocenters. The number of hydrogen-bond donors (Lipinski definition) is 0. The second kappa shape index (κ2) is 6.04. The molecule has 0 aromatic carbocycles. The smallest absolute Gasteiger partial charge is 0.316 e. The van der Waals surface area contributed by atoms with Crippen molar-refractivity contribution in [2.24, 2.45) is 11.8 Å². The first kappa shape index (κ1) is 13.2. The van der Waals surface area contributed by atoms with Gasteiger partial charge in [-0.2, -0.15) is 0 Å². The molecule has 0 aromatic rings. The Morgan fingerprint density at radius 2 is 2.00 bits per heavy atom. The number of ether oxygens (including phenoxy) is 1. The zero-order chi connectivity index (χ0) is 12.1. The number of ketones is 1. The van der Waals surface area contributed by atoms with E-state index >= 15 is 0 Å². The topological polar surface area (TPSA) is 46.6 Å². The van der Waals surface area contributed by atoms with Gasteiger partial charge in [0.2, 0.25) is 0 Å². The molecule has 4 nitrogen and oxygen atoms in total. The Morgan fingerprint density at radius 1 is 1.44 bits per heavy atom. The predicted octanol–water partition coefficient (Wildman–Crippen LogP) is 0.550. The standard InChI is InChI=1S/C11H18BNO3/c1-3-16-11(15)10(8(2)14)9-4-6-13(12)7-5-9/h9-10H,3-7H2,1-2H3. The number of esters is 1. The first-order valence-electron chi connectivity index (χ1n) is 5.73. The third kappa shape index (κ3) is 3.34. The summed E-state index contributed by atoms with van der Waals surface area (Å²) >= 11 is 0. The van der Waals surface area contributed by atoms with E-state index in [9.17, 15) is 9.59 Å². The van der Waals surface area contributed by atoms with Gasteiger partial charge >= 0.3 is 5.97 Å². The minimum Gasteiger partial charge on any atom is -0.465 e. The minimum absolute atomic E-state index is 0.0800. The van der Waals surface area contributed by atoms with Crippen molar-refractivity contribution in [1.29, 1.82) is 0 Å². The third-order valence-corrected chi connectivity index (χ3v) is 3.02. The molecule has 0 amide bonds. The van der Waals surface area contributed by atoms with E-state index in [0.29, 0.717) is 6.61 Å². The molecule has 0 aromatic heterocycles. The highest BCUT2D eigenvalue weighted by atomic mass is 16.5. The van der Waals surface area contributed by atoms with Crippen molar-refractivity contribution in [3.63, 3.8) is 0 Å². The van der Waals surface area contributed by atoms with Crippen LogP contribution in [-0.4, -0.2) is 44.2 Å². The summed E-state index contributed by atoms with van der Waals surface area (Å²) < 4.78 is 4.94. The quantitative estimate of drug-likeness (QED) is 0.396. The molecule has 2 radical (unpaired) electrons. The summed E-state index contributed by atoms with van der Waals surface area (Å²) in [5.74, 6) is -1.01. The summed E-state index contributed by atoms with van der Waals surface area (Å²) in [6, 6.07) is 0. The maximum atomic E-state index is 11.7. The van der Waals surface area contributed by atoms with E-state index < -0.39 is 5.92 Å². The highest BCUT2D eigenvalue weighted by Gasteiger charge is 2.34. The Bertz CT molecular complexity index is 262. The molecule has 88 valence electrons. The summed E-state index contributed by atoms with van der Waals surface area (Å²) in [6.07, 6.45) is 1.55. The molecular formula is C11H18BNO3. The van der Waals surface area contributed by atoms with Gasteiger partial charge in [-0.1, -0.05) is 0 Å². The predicted molar refractivity (Wildman–Crippen MR) is 60.9 cm³/mol. The fourth-order valence-electron chi connectivity index (χ4n) is 2.18. The van der Waals surface area contributed by atoms with Gasteiger partial charge in [0.05, 0.1) is 6.61 Å². The number of piperidine rings is 1. The van der Waals surface area contributed by atoms with E-state index in [4.69, 9.17) is 12.7 Å². The average Bonchev–Trinajstić information content (AvgIpc) is 2.21. The van der Waals surface area contributed by atoms with Gasteiger partial charge in [-0.05, 0) is 45.7 Å². The van der Waals surface area contributed by atoms with Gasteiger partial charge in [0, 0.05) is 0 Å². The summed E-state index contributed by atoms with van der Waals surface area (Å²) in [4.78, 5) is 24.9. The molecule has 0 N–H and O–H groups in total. The molecule has 0 bridgehead atoms. The Morgan fingerprint density at radius 3 is 2.44 bits per heavy atom. The van der Waals surface area contributed by atoms with E-state index in [0.717, 1.165) is 25.9 Å². The Balaban J connectivity index is 2.63. The van der Waals surface area contributed by atoms with Crippen molar-refractivity contribution in [3.8, 4) is 0 Å². The van der Waals surface area contributed by atoms with E-state index in [1.165, 1.54) is 6.92 Å². The molecule has 0 spiro atoms. The molecule has 1 heterocycles. The second-order valence-electron chi connectivity index (χ2n) is 4.21. The molecule has 5 heteroatoms. The van der Waals surface area contributed by atoms with E-state index in [2.05, 4.69) is 0 Å². The van der Waals surface area contributed by atoms with Crippen molar-refractivity contribution in [2.45, 2.75) is 26.7 Å². The van der Waals surface area contributed by atoms with E-state index in [1.807, 2.05) is 0 Å². The third-order valence-electron chi connectivity index (χ3n) is 3.02. The van der Waals surface area contributed by atoms with Crippen LogP contribution in [0.4, 0.5) is 0 Å². The molecule has 1 aliphatic heterocycles. The number of carbonyl (C=O) groups excluding carboxylic acids is 2. The van der Waals surface area contributed by atoms with Gasteiger partial charge in [-0.25, -0.2) is 0 Å². The van der Waals surface area contributed by atoms with Gasteiger partial charge in [-0.3, -0.25) is 9.59 Å². The molecule has 1 rings (SSSR count). The molecule has 0 saturated carbocycles. The summed E-state index contributed by atoms with van der Waals surface area (Å²) in [6.45, 7) is 4.98. The van der Waals surface area contributed by atoms with Crippen LogP contribution < -0.4 is 0 Å². The van der Waals surface area contributed by atoms with E-state index in [-0.39, 0.29) is 17.7 Å². The van der Waals surface area contributed by atoms with Crippen LogP contribution in [0.1, 0.15) is 26.7 Å². The summed E-state index contributed by atoms with van der Waals surface area (Å²) in [7, 11) is 5.64. The second-order valence-corrected chi connectivity index (χ2v) is 4.21. The maximum Gasteiger partial charge on any atom is 0.316 e. The van der Waals surface area contributed by atoms with Gasteiger partial charge in [0.25, 0.3) is 0 Å². The lowest BCUT2D eigenvalue weighted by Gasteiger charge is -2.32. The van der Waals surface area contributed by atoms with Gasteiger partial charge in [0.15, 0.2) is 7.98 Å². The molecule has 0 aliphatic carbocycles. The lowest BCUT2D eigenvalue weighted by atomic mass is 9.81. The van der Waals surface area contributed by atoms with Crippen molar-refractivity contribution >= 4 is 19.7 Å². The monoisotopic (exact) mass is 223 g/mol. The molecule has 16 heavy (non-hydrogen) atoms. The van der Waals surface area contributed by atoms with Crippen LogP contribution in [0.25, 0.3) is 0 Å². The van der Waals surface area contributed by atoms with Gasteiger partial charge < -0.3 is 9.55 Å². The fourth-order valence-corrected chi connectivity index (χ4v) is 2.18. The van der Waals surface area contributed by atoms with Crippen molar-refractivity contribution in [1.82, 2.24) is 4.81 Å². The Kier molecular flexibility index (Phi) is 4.99. The highest BCUT2D eigenvalue weighted by molar-refractivity contribution is 6.04. The fraction of sp³-hybridized carbons (Fsp3) is 0.818. The normalized spacial score (nSPS) is 20.4. The molecule has 1 atom stereocenters. The first-order valence-corrected chi connectivity index (χ1v) is 5.73. The van der Waals surface area contributed by atoms with Crippen molar-refractivity contribution in [2.75, 3.05) is 19.7 Å². The number of carbonyl (C=O) groups is 2. The lowest BCUT2D eigenvalue weighted by Crippen LogP contribution is -2.39. The molecule has 1 saturated heterocycles. The maximum absolute atomic E-state index is 11.7. The zero-order valence-electron chi connectivity index (χ0n) is 9.94. The van der Waals surface area contributed by atoms with Crippen LogP contribution in [0, 0.1) is 11.8 Å². The van der Waals surface area contributed by atoms with Crippen molar-refractivity contribution in [3.05, 3.63) is 0 Å². The van der Waals surface area contributed by atoms with Crippen LogP contribution in [0.2, 0.25) is 0 Å². The number of hydrogen-bond acceptors (Lipinski definition) is 4. The lowest BCUT2D eigenvalue weighted by molar-refractivity contribution is -0.154. The van der Waals surface area contributed by atoms with Gasteiger partial charge in [0.1, 0.15) is 11.7 Å². The summed E-state index contributed by atoms with van der Waals surface area (Å²) in [5, 5.41) is 0. The van der Waals surface area contributed by atoms with Gasteiger partial charge in [-0.15, -0.1) is 0 Å². The summed E-state index contributed by atoms with van der Waals surface area (Å²) in [5.41, 5.74) is 0. The first-order chi connectivity index (χ1) is 7.56. The molecular weight excluding hydrogens is 205 g/mol. The van der Waals surface area contributed by atoms with Crippen molar-refractivity contribution < 1.29 is 14.3 Å². The molecule has 1 aliphatic rings. The molecule has 1 fully saturated rings. The highest BCUT2D eigenvalue weighted by Crippen LogP contribution is 2.26. The van der Waals surface area contributed by atoms with Crippen LogP contribution in [0.3, 0.4) is 0 Å². The zero-order valence-corrected chi connectivity index (χ0v) is 9.94. The average molecular weight is 223 g/mol. The SMILES string of the molecule is [B]N1CCC(C(C(C)=O)C(=O)OCC)CC1. The largest absolute Gasteiger partial charge is 0.465 e. The minimum atomic E-state index is -0.603. The number of Topliss-reactive ketones (excluding diaryl/α,β-unsaturated/α-hetero) is 1. The number of rotatable bonds is 4. The Labute approximate surface area is 97.8 Å². The van der Waals surface area contributed by atoms with Crippen LogP contribution in [-0.2, 0) is 14.3 Å². The van der Waals surface area contributed by atoms with E-state index in [1.54, 1.807) is 11.7 Å². The van der Waals surface area contributed by atoms with Crippen LogP contribution in [0.15, 0.2) is 0 Å². The number of nitrogens with zero attached hydrogens (tertiary/aromatic N) is 1. The Hall–Kier alpha value is -0.835.